The van der Waals surface area contributed by atoms with E-state index in [0.717, 1.165) is 19.6 Å². The molecule has 0 amide bonds. The summed E-state index contributed by atoms with van der Waals surface area (Å²) in [4.78, 5) is 2.15. The summed E-state index contributed by atoms with van der Waals surface area (Å²) < 4.78 is 10.3. The van der Waals surface area contributed by atoms with Crippen LogP contribution in [0.1, 0.15) is 6.42 Å². The van der Waals surface area contributed by atoms with Crippen LogP contribution in [0, 0.1) is 0 Å². The minimum atomic E-state index is 0.336. The Labute approximate surface area is 61.9 Å². The minimum absolute atomic E-state index is 0.336. The smallest absolute Gasteiger partial charge is 0.147 e. The maximum Gasteiger partial charge on any atom is 0.147 e. The normalized spacial score (nSPS) is 26.1. The maximum atomic E-state index is 5.25. The first-order valence-electron chi connectivity index (χ1n) is 3.63. The van der Waals surface area contributed by atoms with E-state index in [1.165, 1.54) is 0 Å². The molecule has 1 unspecified atom stereocenters. The molecule has 0 aromatic carbocycles. The molecule has 60 valence electrons. The van der Waals surface area contributed by atoms with E-state index in [2.05, 4.69) is 19.0 Å². The molecule has 0 radical (unpaired) electrons. The fourth-order valence-electron chi connectivity index (χ4n) is 0.941. The van der Waals surface area contributed by atoms with Crippen LogP contribution in [0.4, 0.5) is 0 Å². The molecule has 1 heterocycles. The fourth-order valence-corrected chi connectivity index (χ4v) is 0.941. The summed E-state index contributed by atoms with van der Waals surface area (Å²) in [6.45, 7) is 2.33. The van der Waals surface area contributed by atoms with Gasteiger partial charge in [-0.1, -0.05) is 0 Å². The first-order valence-corrected chi connectivity index (χ1v) is 3.63. The molecular formula is C7H15NO2. The average molecular weight is 145 g/mol. The monoisotopic (exact) mass is 145 g/mol. The third-order valence-corrected chi connectivity index (χ3v) is 1.59. The Kier molecular flexibility index (Phi) is 3.12. The van der Waals surface area contributed by atoms with Gasteiger partial charge in [0.05, 0.1) is 12.7 Å². The predicted molar refractivity (Wildman–Crippen MR) is 38.9 cm³/mol. The van der Waals surface area contributed by atoms with Gasteiger partial charge in [-0.05, 0) is 20.5 Å². The molecule has 1 aliphatic heterocycles. The van der Waals surface area contributed by atoms with Crippen LogP contribution in [0.15, 0.2) is 0 Å². The summed E-state index contributed by atoms with van der Waals surface area (Å²) in [6, 6.07) is 0. The topological polar surface area (TPSA) is 21.7 Å². The summed E-state index contributed by atoms with van der Waals surface area (Å²) in [5.74, 6) is 0. The van der Waals surface area contributed by atoms with Gasteiger partial charge < -0.3 is 14.4 Å². The van der Waals surface area contributed by atoms with E-state index in [-0.39, 0.29) is 0 Å². The highest BCUT2D eigenvalue weighted by atomic mass is 16.7. The van der Waals surface area contributed by atoms with Crippen LogP contribution in [0.25, 0.3) is 0 Å². The highest BCUT2D eigenvalue weighted by Gasteiger charge is 2.15. The van der Waals surface area contributed by atoms with Crippen molar-refractivity contribution in [3.05, 3.63) is 0 Å². The first-order chi connectivity index (χ1) is 4.79. The van der Waals surface area contributed by atoms with Crippen molar-refractivity contribution in [3.63, 3.8) is 0 Å². The third kappa shape index (κ3) is 2.64. The van der Waals surface area contributed by atoms with Crippen LogP contribution in [-0.4, -0.2) is 45.0 Å². The molecule has 1 saturated heterocycles. The molecule has 1 aliphatic rings. The van der Waals surface area contributed by atoms with E-state index in [4.69, 9.17) is 9.47 Å². The largest absolute Gasteiger partial charge is 0.353 e. The van der Waals surface area contributed by atoms with E-state index in [0.29, 0.717) is 12.9 Å². The van der Waals surface area contributed by atoms with Crippen molar-refractivity contribution < 1.29 is 9.47 Å². The molecule has 10 heavy (non-hydrogen) atoms. The molecule has 1 atom stereocenters. The van der Waals surface area contributed by atoms with Gasteiger partial charge in [-0.25, -0.2) is 0 Å². The van der Waals surface area contributed by atoms with E-state index in [9.17, 15) is 0 Å². The Balaban J connectivity index is 2.01. The standard InChI is InChI=1S/C7H15NO2/c1-8(2)4-3-7-5-9-6-10-7/h7H,3-6H2,1-2H3. The van der Waals surface area contributed by atoms with E-state index >= 15 is 0 Å². The molecule has 0 aliphatic carbocycles. The molecular weight excluding hydrogens is 130 g/mol. The Bertz CT molecular complexity index is 89.6. The second-order valence-electron chi connectivity index (χ2n) is 2.87. The lowest BCUT2D eigenvalue weighted by atomic mass is 10.2. The lowest BCUT2D eigenvalue weighted by molar-refractivity contribution is 0.0429. The molecule has 0 aromatic rings. The molecule has 3 heteroatoms. The van der Waals surface area contributed by atoms with Gasteiger partial charge in [-0.3, -0.25) is 0 Å². The fraction of sp³-hybridized carbons (Fsp3) is 1.00. The zero-order valence-electron chi connectivity index (χ0n) is 6.67. The molecule has 0 spiro atoms. The zero-order chi connectivity index (χ0) is 7.40. The highest BCUT2D eigenvalue weighted by molar-refractivity contribution is 4.61. The number of hydrogen-bond donors (Lipinski definition) is 0. The lowest BCUT2D eigenvalue weighted by Gasteiger charge is -2.11. The summed E-state index contributed by atoms with van der Waals surface area (Å²) in [6.07, 6.45) is 1.41. The minimum Gasteiger partial charge on any atom is -0.353 e. The first kappa shape index (κ1) is 7.98. The SMILES string of the molecule is CN(C)CCC1COCO1. The Morgan fingerprint density at radius 1 is 1.50 bits per heavy atom. The Hall–Kier alpha value is -0.120. The van der Waals surface area contributed by atoms with Gasteiger partial charge in [0.1, 0.15) is 6.79 Å². The van der Waals surface area contributed by atoms with Crippen LogP contribution < -0.4 is 0 Å². The molecule has 0 aromatic heterocycles. The predicted octanol–water partition coefficient (Wildman–Crippen LogP) is 0.311. The Morgan fingerprint density at radius 2 is 2.30 bits per heavy atom. The van der Waals surface area contributed by atoms with Crippen molar-refractivity contribution >= 4 is 0 Å². The Morgan fingerprint density at radius 3 is 2.80 bits per heavy atom. The molecule has 1 fully saturated rings. The number of ether oxygens (including phenoxy) is 2. The maximum absolute atomic E-state index is 5.25. The summed E-state index contributed by atoms with van der Waals surface area (Å²) in [5.41, 5.74) is 0. The van der Waals surface area contributed by atoms with Gasteiger partial charge >= 0.3 is 0 Å². The van der Waals surface area contributed by atoms with Crippen LogP contribution in [0.5, 0.6) is 0 Å². The van der Waals surface area contributed by atoms with E-state index in [1.807, 2.05) is 0 Å². The van der Waals surface area contributed by atoms with E-state index in [1.54, 1.807) is 0 Å². The van der Waals surface area contributed by atoms with Crippen LogP contribution in [0.3, 0.4) is 0 Å². The summed E-state index contributed by atoms with van der Waals surface area (Å²) in [7, 11) is 4.13. The van der Waals surface area contributed by atoms with Crippen molar-refractivity contribution in [1.29, 1.82) is 0 Å². The van der Waals surface area contributed by atoms with Gasteiger partial charge in [0, 0.05) is 6.54 Å². The average Bonchev–Trinajstić information content (AvgIpc) is 2.34. The van der Waals surface area contributed by atoms with Crippen LogP contribution >= 0.6 is 0 Å². The third-order valence-electron chi connectivity index (χ3n) is 1.59. The molecule has 1 rings (SSSR count). The molecule has 0 saturated carbocycles. The van der Waals surface area contributed by atoms with Crippen LogP contribution in [0.2, 0.25) is 0 Å². The second kappa shape index (κ2) is 3.91. The van der Waals surface area contributed by atoms with Gasteiger partial charge in [-0.2, -0.15) is 0 Å². The van der Waals surface area contributed by atoms with Crippen molar-refractivity contribution in [2.24, 2.45) is 0 Å². The summed E-state index contributed by atoms with van der Waals surface area (Å²) in [5, 5.41) is 0. The number of hydrogen-bond acceptors (Lipinski definition) is 3. The van der Waals surface area contributed by atoms with Gasteiger partial charge in [0.25, 0.3) is 0 Å². The van der Waals surface area contributed by atoms with Crippen molar-refractivity contribution in [1.82, 2.24) is 4.90 Å². The van der Waals surface area contributed by atoms with Crippen molar-refractivity contribution in [2.75, 3.05) is 34.0 Å². The number of rotatable bonds is 3. The number of nitrogens with zero attached hydrogens (tertiary/aromatic N) is 1. The van der Waals surface area contributed by atoms with Gasteiger partial charge in [0.15, 0.2) is 0 Å². The molecule has 0 N–H and O–H groups in total. The zero-order valence-corrected chi connectivity index (χ0v) is 6.67. The van der Waals surface area contributed by atoms with Crippen molar-refractivity contribution in [3.8, 4) is 0 Å². The summed E-state index contributed by atoms with van der Waals surface area (Å²) >= 11 is 0. The quantitative estimate of drug-likeness (QED) is 0.570. The molecule has 0 bridgehead atoms. The highest BCUT2D eigenvalue weighted by Crippen LogP contribution is 2.06. The van der Waals surface area contributed by atoms with Crippen molar-refractivity contribution in [2.45, 2.75) is 12.5 Å². The molecule has 3 nitrogen and oxygen atoms in total. The van der Waals surface area contributed by atoms with Gasteiger partial charge in [-0.15, -0.1) is 0 Å². The van der Waals surface area contributed by atoms with Crippen LogP contribution in [-0.2, 0) is 9.47 Å². The lowest BCUT2D eigenvalue weighted by Crippen LogP contribution is -2.20. The second-order valence-corrected chi connectivity index (χ2v) is 2.87. The van der Waals surface area contributed by atoms with E-state index < -0.39 is 0 Å². The van der Waals surface area contributed by atoms with Gasteiger partial charge in [0.2, 0.25) is 0 Å².